The summed E-state index contributed by atoms with van der Waals surface area (Å²) >= 11 is 0. The van der Waals surface area contributed by atoms with Gasteiger partial charge in [0.05, 0.1) is 31.7 Å². The van der Waals surface area contributed by atoms with Crippen LogP contribution in [0.4, 0.5) is 5.82 Å². The lowest BCUT2D eigenvalue weighted by atomic mass is 10.2. The molecule has 1 saturated heterocycles. The van der Waals surface area contributed by atoms with Gasteiger partial charge in [0.1, 0.15) is 17.8 Å². The third kappa shape index (κ3) is 7.65. The van der Waals surface area contributed by atoms with Gasteiger partial charge < -0.3 is 28.7 Å². The van der Waals surface area contributed by atoms with E-state index in [1.165, 1.54) is 23.1 Å². The van der Waals surface area contributed by atoms with Crippen LogP contribution in [0.3, 0.4) is 0 Å². The minimum absolute atomic E-state index is 0.0925. The number of benzene rings is 1. The van der Waals surface area contributed by atoms with Gasteiger partial charge in [0.2, 0.25) is 5.82 Å². The first-order valence-corrected chi connectivity index (χ1v) is 14.7. The molecular formula is C26H33N6O7P. The van der Waals surface area contributed by atoms with Gasteiger partial charge >= 0.3 is 7.60 Å². The number of amides is 2. The fourth-order valence-corrected chi connectivity index (χ4v) is 5.30. The van der Waals surface area contributed by atoms with Crippen molar-refractivity contribution in [3.63, 3.8) is 0 Å². The third-order valence-electron chi connectivity index (χ3n) is 5.56. The van der Waals surface area contributed by atoms with Crippen LogP contribution in [0.25, 0.3) is 0 Å². The minimum Gasteiger partial charge on any atom is -0.491 e. The van der Waals surface area contributed by atoms with Crippen LogP contribution in [0, 0.1) is 0 Å². The molecular weight excluding hydrogens is 539 g/mol. The zero-order valence-corrected chi connectivity index (χ0v) is 23.8. The lowest BCUT2D eigenvalue weighted by molar-refractivity contribution is 0.0638. The Bertz CT molecular complexity index is 1360. The predicted octanol–water partition coefficient (Wildman–Crippen LogP) is 4.57. The molecule has 0 atom stereocenters. The molecule has 2 aromatic heterocycles. The number of anilines is 1. The molecule has 1 aliphatic rings. The van der Waals surface area contributed by atoms with Gasteiger partial charge in [-0.15, -0.1) is 0 Å². The summed E-state index contributed by atoms with van der Waals surface area (Å²) in [5, 5.41) is 7.00. The van der Waals surface area contributed by atoms with Crippen LogP contribution in [0.15, 0.2) is 42.9 Å². The summed E-state index contributed by atoms with van der Waals surface area (Å²) in [6, 6.07) is 6.34. The topological polar surface area (TPSA) is 147 Å². The highest BCUT2D eigenvalue weighted by atomic mass is 31.2. The van der Waals surface area contributed by atoms with Gasteiger partial charge in [0, 0.05) is 37.0 Å². The Labute approximate surface area is 232 Å². The van der Waals surface area contributed by atoms with Gasteiger partial charge in [-0.3, -0.25) is 18.8 Å². The summed E-state index contributed by atoms with van der Waals surface area (Å²) in [6.07, 6.45) is 5.12. The van der Waals surface area contributed by atoms with E-state index >= 15 is 0 Å². The summed E-state index contributed by atoms with van der Waals surface area (Å²) < 4.78 is 36.5. The minimum atomic E-state index is -3.37. The van der Waals surface area contributed by atoms with E-state index in [-0.39, 0.29) is 48.7 Å². The van der Waals surface area contributed by atoms with Gasteiger partial charge in [-0.05, 0) is 46.2 Å². The summed E-state index contributed by atoms with van der Waals surface area (Å²) in [5.74, 6) is 0.691. The van der Waals surface area contributed by atoms with E-state index in [2.05, 4.69) is 20.4 Å². The Hall–Kier alpha value is -3.80. The fraction of sp³-hybridized carbons (Fsp3) is 0.423. The van der Waals surface area contributed by atoms with Crippen LogP contribution in [-0.2, 0) is 19.9 Å². The molecule has 40 heavy (non-hydrogen) atoms. The van der Waals surface area contributed by atoms with E-state index in [0.29, 0.717) is 30.3 Å². The highest BCUT2D eigenvalue weighted by Gasteiger charge is 2.25. The average molecular weight is 573 g/mol. The van der Waals surface area contributed by atoms with Gasteiger partial charge in [-0.25, -0.2) is 9.97 Å². The number of hydrogen-bond acceptors (Lipinski definition) is 10. The second kappa shape index (κ2) is 13.0. The molecule has 0 aliphatic carbocycles. The van der Waals surface area contributed by atoms with Crippen molar-refractivity contribution in [3.05, 3.63) is 54.2 Å². The molecule has 0 bridgehead atoms. The van der Waals surface area contributed by atoms with Crippen LogP contribution in [0.2, 0.25) is 0 Å². The van der Waals surface area contributed by atoms with Gasteiger partial charge in [-0.2, -0.15) is 5.10 Å². The molecule has 0 saturated carbocycles. The van der Waals surface area contributed by atoms with Crippen LogP contribution < -0.4 is 14.8 Å². The average Bonchev–Trinajstić information content (AvgIpc) is 3.29. The molecule has 13 nitrogen and oxygen atoms in total. The standard InChI is InChI=1S/C26H33N6O7P/c1-5-36-40(35,37-6-2)17-32-11-8-23(30-32)29-25(33)19-12-20(38-18(3)4)14-21(13-19)39-22-15-27-24(28-16-22)26(34)31-9-7-10-31/h8,11-16,18H,5-7,9-10,17H2,1-4H3,(H,29,30,33). The molecule has 2 amide bonds. The van der Waals surface area contributed by atoms with Crippen molar-refractivity contribution >= 4 is 25.2 Å². The quantitative estimate of drug-likeness (QED) is 0.289. The smallest absolute Gasteiger partial charge is 0.351 e. The van der Waals surface area contributed by atoms with Gasteiger partial charge in [0.25, 0.3) is 11.8 Å². The first-order chi connectivity index (χ1) is 19.2. The lowest BCUT2D eigenvalue weighted by Crippen LogP contribution is -2.42. The normalized spacial score (nSPS) is 13.2. The number of nitrogens with zero attached hydrogens (tertiary/aromatic N) is 5. The van der Waals surface area contributed by atoms with E-state index in [4.69, 9.17) is 18.5 Å². The van der Waals surface area contributed by atoms with Crippen LogP contribution in [-0.4, -0.2) is 68.9 Å². The molecule has 1 aliphatic heterocycles. The predicted molar refractivity (Wildman–Crippen MR) is 146 cm³/mol. The molecule has 0 spiro atoms. The molecule has 1 aromatic carbocycles. The number of rotatable bonds is 13. The maximum atomic E-state index is 13.1. The zero-order valence-electron chi connectivity index (χ0n) is 22.9. The summed E-state index contributed by atoms with van der Waals surface area (Å²) in [5.41, 5.74) is 0.252. The van der Waals surface area contributed by atoms with E-state index in [1.807, 2.05) is 13.8 Å². The number of hydrogen-bond donors (Lipinski definition) is 1. The first kappa shape index (κ1) is 29.2. The zero-order chi connectivity index (χ0) is 28.7. The number of nitrogens with one attached hydrogen (secondary N) is 1. The van der Waals surface area contributed by atoms with Crippen LogP contribution in [0.5, 0.6) is 17.2 Å². The highest BCUT2D eigenvalue weighted by molar-refractivity contribution is 7.52. The van der Waals surface area contributed by atoms with Crippen molar-refractivity contribution in [2.75, 3.05) is 31.6 Å². The Morgan fingerprint density at radius 2 is 1.70 bits per heavy atom. The lowest BCUT2D eigenvalue weighted by Gasteiger charge is -2.29. The van der Waals surface area contributed by atoms with Crippen molar-refractivity contribution < 1.29 is 32.7 Å². The summed E-state index contributed by atoms with van der Waals surface area (Å²) in [6.45, 7) is 9.06. The Morgan fingerprint density at radius 3 is 2.30 bits per heavy atom. The molecule has 3 heterocycles. The molecule has 3 aromatic rings. The number of carbonyl (C=O) groups is 2. The largest absolute Gasteiger partial charge is 0.491 e. The molecule has 1 N–H and O–H groups in total. The van der Waals surface area contributed by atoms with E-state index < -0.39 is 13.5 Å². The Balaban J connectivity index is 1.48. The van der Waals surface area contributed by atoms with Crippen LogP contribution >= 0.6 is 7.60 Å². The number of ether oxygens (including phenoxy) is 2. The fourth-order valence-electron chi connectivity index (χ4n) is 3.76. The van der Waals surface area contributed by atoms with Crippen molar-refractivity contribution in [1.82, 2.24) is 24.6 Å². The molecule has 0 unspecified atom stereocenters. The Kier molecular flexibility index (Phi) is 9.51. The van der Waals surface area contributed by atoms with Gasteiger partial charge in [-0.1, -0.05) is 0 Å². The van der Waals surface area contributed by atoms with Crippen molar-refractivity contribution in [1.29, 1.82) is 0 Å². The molecule has 4 rings (SSSR count). The number of carbonyl (C=O) groups excluding carboxylic acids is 2. The second-order valence-corrected chi connectivity index (χ2v) is 11.2. The molecule has 14 heteroatoms. The van der Waals surface area contributed by atoms with Crippen molar-refractivity contribution in [2.45, 2.75) is 46.5 Å². The maximum Gasteiger partial charge on any atom is 0.351 e. The molecule has 214 valence electrons. The Morgan fingerprint density at radius 1 is 1.02 bits per heavy atom. The second-order valence-electron chi connectivity index (χ2n) is 9.13. The maximum absolute atomic E-state index is 13.1. The summed E-state index contributed by atoms with van der Waals surface area (Å²) in [7, 11) is -3.37. The monoisotopic (exact) mass is 572 g/mol. The number of aromatic nitrogens is 4. The SMILES string of the molecule is CCOP(=O)(Cn1ccc(NC(=O)c2cc(Oc3cnc(C(=O)N4CCC4)nc3)cc(OC(C)C)c2)n1)OCC. The van der Waals surface area contributed by atoms with Gasteiger partial charge in [0.15, 0.2) is 11.6 Å². The highest BCUT2D eigenvalue weighted by Crippen LogP contribution is 2.49. The van der Waals surface area contributed by atoms with E-state index in [9.17, 15) is 14.2 Å². The van der Waals surface area contributed by atoms with Crippen molar-refractivity contribution in [3.8, 4) is 17.2 Å². The molecule has 1 fully saturated rings. The first-order valence-electron chi connectivity index (χ1n) is 13.0. The summed E-state index contributed by atoms with van der Waals surface area (Å²) in [4.78, 5) is 35.4. The third-order valence-corrected chi connectivity index (χ3v) is 7.50. The van der Waals surface area contributed by atoms with E-state index in [1.54, 1.807) is 43.1 Å². The van der Waals surface area contributed by atoms with E-state index in [0.717, 1.165) is 6.42 Å². The molecule has 0 radical (unpaired) electrons. The van der Waals surface area contributed by atoms with Crippen LogP contribution in [0.1, 0.15) is 55.1 Å². The number of likely N-dealkylation sites (tertiary alicyclic amines) is 1. The van der Waals surface area contributed by atoms with Crippen molar-refractivity contribution in [2.24, 2.45) is 0 Å².